The van der Waals surface area contributed by atoms with E-state index in [2.05, 4.69) is 20.7 Å². The molecular weight excluding hydrogens is 404 g/mol. The molecule has 0 bridgehead atoms. The smallest absolute Gasteiger partial charge is 0.319 e. The number of anilines is 2. The molecule has 10 heteroatoms. The van der Waals surface area contributed by atoms with Gasteiger partial charge in [-0.05, 0) is 36.4 Å². The van der Waals surface area contributed by atoms with Gasteiger partial charge in [-0.25, -0.2) is 17.9 Å². The van der Waals surface area contributed by atoms with Crippen molar-refractivity contribution in [1.82, 2.24) is 10.0 Å². The van der Waals surface area contributed by atoms with E-state index in [1.165, 1.54) is 20.0 Å². The lowest BCUT2D eigenvalue weighted by Gasteiger charge is -2.11. The van der Waals surface area contributed by atoms with Crippen LogP contribution in [0.3, 0.4) is 0 Å². The van der Waals surface area contributed by atoms with Crippen LogP contribution in [-0.4, -0.2) is 27.4 Å². The minimum absolute atomic E-state index is 0.106. The van der Waals surface area contributed by atoms with E-state index in [1.54, 1.807) is 36.4 Å². The van der Waals surface area contributed by atoms with Gasteiger partial charge < -0.3 is 16.0 Å². The van der Waals surface area contributed by atoms with E-state index in [0.717, 1.165) is 5.56 Å². The normalized spacial score (nSPS) is 11.0. The fourth-order valence-electron chi connectivity index (χ4n) is 2.29. The molecule has 0 aliphatic carbocycles. The summed E-state index contributed by atoms with van der Waals surface area (Å²) >= 11 is 6.11. The highest BCUT2D eigenvalue weighted by Crippen LogP contribution is 2.25. The van der Waals surface area contributed by atoms with Crippen LogP contribution in [-0.2, 0) is 27.1 Å². The van der Waals surface area contributed by atoms with Crippen molar-refractivity contribution in [3.63, 3.8) is 0 Å². The number of rotatable bonds is 7. The van der Waals surface area contributed by atoms with Crippen molar-refractivity contribution < 1.29 is 18.0 Å². The lowest BCUT2D eigenvalue weighted by Crippen LogP contribution is -2.28. The summed E-state index contributed by atoms with van der Waals surface area (Å²) in [6, 6.07) is 11.2. The SMILES string of the molecule is CNS(=O)(=O)Cc1ccc(CNC(=O)Nc2ccc(NC(C)=O)cc2Cl)cc1. The van der Waals surface area contributed by atoms with Gasteiger partial charge in [0, 0.05) is 19.2 Å². The molecule has 4 N–H and O–H groups in total. The van der Waals surface area contributed by atoms with Crippen LogP contribution in [0, 0.1) is 0 Å². The van der Waals surface area contributed by atoms with Crippen molar-refractivity contribution in [3.05, 3.63) is 58.6 Å². The molecule has 2 aromatic carbocycles. The van der Waals surface area contributed by atoms with Crippen LogP contribution in [0.1, 0.15) is 18.1 Å². The Kier molecular flexibility index (Phi) is 7.38. The standard InChI is InChI=1S/C18H21ClN4O4S/c1-12(24)22-15-7-8-17(16(19)9-15)23-18(25)21-10-13-3-5-14(6-4-13)11-28(26,27)20-2/h3-9,20H,10-11H2,1-2H3,(H,22,24)(H2,21,23,25). The number of carbonyl (C=O) groups is 2. The molecular formula is C18H21ClN4O4S. The summed E-state index contributed by atoms with van der Waals surface area (Å²) in [6.45, 7) is 1.64. The number of nitrogens with one attached hydrogen (secondary N) is 4. The molecule has 150 valence electrons. The summed E-state index contributed by atoms with van der Waals surface area (Å²) in [4.78, 5) is 23.1. The predicted molar refractivity (Wildman–Crippen MR) is 110 cm³/mol. The number of hydrogen-bond acceptors (Lipinski definition) is 4. The minimum atomic E-state index is -3.33. The first-order valence-corrected chi connectivity index (χ1v) is 10.3. The largest absolute Gasteiger partial charge is 0.334 e. The maximum absolute atomic E-state index is 12.1. The van der Waals surface area contributed by atoms with Crippen LogP contribution >= 0.6 is 11.6 Å². The Bertz CT molecular complexity index is 962. The number of benzene rings is 2. The average molecular weight is 425 g/mol. The van der Waals surface area contributed by atoms with Gasteiger partial charge >= 0.3 is 6.03 Å². The lowest BCUT2D eigenvalue weighted by atomic mass is 10.1. The monoisotopic (exact) mass is 424 g/mol. The molecule has 0 radical (unpaired) electrons. The Balaban J connectivity index is 1.89. The Morgan fingerprint density at radius 2 is 1.64 bits per heavy atom. The summed E-state index contributed by atoms with van der Waals surface area (Å²) in [5, 5.41) is 8.21. The molecule has 0 unspecified atom stereocenters. The van der Waals surface area contributed by atoms with E-state index in [4.69, 9.17) is 11.6 Å². The summed E-state index contributed by atoms with van der Waals surface area (Å²) in [7, 11) is -1.96. The van der Waals surface area contributed by atoms with Gasteiger partial charge in [0.1, 0.15) is 0 Å². The first-order chi connectivity index (χ1) is 13.2. The first-order valence-electron chi connectivity index (χ1n) is 8.29. The third-order valence-electron chi connectivity index (χ3n) is 3.68. The molecule has 0 spiro atoms. The van der Waals surface area contributed by atoms with E-state index in [-0.39, 0.29) is 23.2 Å². The molecule has 2 aromatic rings. The predicted octanol–water partition coefficient (Wildman–Crippen LogP) is 2.67. The Hall–Kier alpha value is -2.62. The molecule has 2 rings (SSSR count). The van der Waals surface area contributed by atoms with Crippen molar-refractivity contribution >= 4 is 44.9 Å². The highest BCUT2D eigenvalue weighted by molar-refractivity contribution is 7.88. The second kappa shape index (κ2) is 9.54. The second-order valence-electron chi connectivity index (χ2n) is 5.96. The van der Waals surface area contributed by atoms with Gasteiger partial charge in [0.15, 0.2) is 0 Å². The molecule has 0 aliphatic heterocycles. The van der Waals surface area contributed by atoms with Gasteiger partial charge in [-0.3, -0.25) is 4.79 Å². The van der Waals surface area contributed by atoms with Gasteiger partial charge in [0.2, 0.25) is 15.9 Å². The van der Waals surface area contributed by atoms with Crippen LogP contribution in [0.25, 0.3) is 0 Å². The van der Waals surface area contributed by atoms with Crippen molar-refractivity contribution in [3.8, 4) is 0 Å². The van der Waals surface area contributed by atoms with Crippen molar-refractivity contribution in [2.45, 2.75) is 19.2 Å². The third-order valence-corrected chi connectivity index (χ3v) is 5.33. The Morgan fingerprint density at radius 3 is 2.21 bits per heavy atom. The Labute approximate surface area is 168 Å². The van der Waals surface area contributed by atoms with Crippen LogP contribution in [0.2, 0.25) is 5.02 Å². The second-order valence-corrected chi connectivity index (χ2v) is 8.30. The highest BCUT2D eigenvalue weighted by Gasteiger charge is 2.09. The molecule has 0 saturated heterocycles. The van der Waals surface area contributed by atoms with Crippen LogP contribution in [0.5, 0.6) is 0 Å². The van der Waals surface area contributed by atoms with E-state index >= 15 is 0 Å². The quantitative estimate of drug-likeness (QED) is 0.546. The molecule has 0 aliphatic rings. The number of amides is 3. The zero-order chi connectivity index (χ0) is 20.7. The molecule has 3 amide bonds. The van der Waals surface area contributed by atoms with Gasteiger partial charge in [0.05, 0.1) is 16.5 Å². The van der Waals surface area contributed by atoms with Crippen molar-refractivity contribution in [1.29, 1.82) is 0 Å². The number of hydrogen-bond donors (Lipinski definition) is 4. The zero-order valence-corrected chi connectivity index (χ0v) is 16.9. The van der Waals surface area contributed by atoms with E-state index in [0.29, 0.717) is 16.9 Å². The molecule has 0 saturated carbocycles. The number of urea groups is 1. The molecule has 0 atom stereocenters. The molecule has 0 aromatic heterocycles. The van der Waals surface area contributed by atoms with Gasteiger partial charge in [-0.1, -0.05) is 35.9 Å². The molecule has 0 fully saturated rings. The zero-order valence-electron chi connectivity index (χ0n) is 15.4. The first kappa shape index (κ1) is 21.7. The third kappa shape index (κ3) is 6.84. The fourth-order valence-corrected chi connectivity index (χ4v) is 3.29. The number of halogens is 1. The van der Waals surface area contributed by atoms with Crippen LogP contribution in [0.15, 0.2) is 42.5 Å². The topological polar surface area (TPSA) is 116 Å². The lowest BCUT2D eigenvalue weighted by molar-refractivity contribution is -0.114. The van der Waals surface area contributed by atoms with Crippen molar-refractivity contribution in [2.75, 3.05) is 17.7 Å². The van der Waals surface area contributed by atoms with Gasteiger partial charge in [-0.2, -0.15) is 0 Å². The summed E-state index contributed by atoms with van der Waals surface area (Å²) in [5.74, 6) is -0.325. The van der Waals surface area contributed by atoms with E-state index < -0.39 is 16.1 Å². The molecule has 8 nitrogen and oxygen atoms in total. The Morgan fingerprint density at radius 1 is 1.00 bits per heavy atom. The average Bonchev–Trinajstić information content (AvgIpc) is 2.63. The van der Waals surface area contributed by atoms with Crippen LogP contribution < -0.4 is 20.7 Å². The van der Waals surface area contributed by atoms with E-state index in [1.807, 2.05) is 0 Å². The highest BCUT2D eigenvalue weighted by atomic mass is 35.5. The fraction of sp³-hybridized carbons (Fsp3) is 0.222. The van der Waals surface area contributed by atoms with Crippen LogP contribution in [0.4, 0.5) is 16.2 Å². The molecule has 28 heavy (non-hydrogen) atoms. The number of carbonyl (C=O) groups excluding carboxylic acids is 2. The maximum Gasteiger partial charge on any atom is 0.319 e. The minimum Gasteiger partial charge on any atom is -0.334 e. The van der Waals surface area contributed by atoms with E-state index in [9.17, 15) is 18.0 Å². The summed E-state index contributed by atoms with van der Waals surface area (Å²) in [5.41, 5.74) is 2.39. The number of sulfonamides is 1. The maximum atomic E-state index is 12.1. The van der Waals surface area contributed by atoms with Gasteiger partial charge in [0.25, 0.3) is 0 Å². The van der Waals surface area contributed by atoms with Gasteiger partial charge in [-0.15, -0.1) is 0 Å². The summed E-state index contributed by atoms with van der Waals surface area (Å²) < 4.78 is 25.3. The molecule has 0 heterocycles. The van der Waals surface area contributed by atoms with Crippen molar-refractivity contribution in [2.24, 2.45) is 0 Å². The summed E-state index contributed by atoms with van der Waals surface area (Å²) in [6.07, 6.45) is 0.